The van der Waals surface area contributed by atoms with Gasteiger partial charge in [0.25, 0.3) is 0 Å². The fourth-order valence-corrected chi connectivity index (χ4v) is 8.72. The van der Waals surface area contributed by atoms with E-state index in [1.165, 1.54) is 69.8 Å². The molecule has 2 aromatic rings. The number of aromatic nitrogens is 4. The average molecular weight is 637 g/mol. The van der Waals surface area contributed by atoms with E-state index in [4.69, 9.17) is 9.78 Å². The molecule has 8 heteroatoms. The molecule has 4 aliphatic carbocycles. The van der Waals surface area contributed by atoms with Crippen molar-refractivity contribution in [2.24, 2.45) is 35.5 Å². The summed E-state index contributed by atoms with van der Waals surface area (Å²) in [5.74, 6) is 6.52. The second-order valence-corrected chi connectivity index (χ2v) is 15.7. The first-order valence-electron chi connectivity index (χ1n) is 18.5. The fourth-order valence-electron chi connectivity index (χ4n) is 8.72. The van der Waals surface area contributed by atoms with E-state index in [1.807, 2.05) is 31.7 Å². The molecule has 0 amide bonds. The average Bonchev–Trinajstić information content (AvgIpc) is 3.09. The molecule has 256 valence electrons. The molecule has 0 spiro atoms. The second-order valence-electron chi connectivity index (χ2n) is 15.7. The third-order valence-corrected chi connectivity index (χ3v) is 12.1. The zero-order valence-corrected chi connectivity index (χ0v) is 28.9. The molecule has 8 nitrogen and oxygen atoms in total. The van der Waals surface area contributed by atoms with E-state index in [0.717, 1.165) is 67.7 Å². The van der Waals surface area contributed by atoms with Crippen LogP contribution in [0, 0.1) is 42.4 Å². The smallest absolute Gasteiger partial charge is 0.160 e. The van der Waals surface area contributed by atoms with Crippen LogP contribution in [0.25, 0.3) is 0 Å². The molecule has 4 fully saturated rings. The van der Waals surface area contributed by atoms with Gasteiger partial charge in [-0.1, -0.05) is 59.3 Å². The molecule has 0 aliphatic heterocycles. The minimum atomic E-state index is -0.372. The normalized spacial score (nSPS) is 33.3. The van der Waals surface area contributed by atoms with Gasteiger partial charge in [0.2, 0.25) is 0 Å². The summed E-state index contributed by atoms with van der Waals surface area (Å²) in [5, 5.41) is 18.8. The van der Waals surface area contributed by atoms with Crippen molar-refractivity contribution in [2.75, 3.05) is 0 Å². The minimum absolute atomic E-state index is 0.0300. The van der Waals surface area contributed by atoms with E-state index in [0.29, 0.717) is 35.4 Å². The van der Waals surface area contributed by atoms with Crippen molar-refractivity contribution in [3.8, 4) is 0 Å². The summed E-state index contributed by atoms with van der Waals surface area (Å²) in [6.45, 7) is 8.98. The van der Waals surface area contributed by atoms with Crippen molar-refractivity contribution in [3.05, 3.63) is 47.6 Å². The van der Waals surface area contributed by atoms with E-state index in [-0.39, 0.29) is 12.2 Å². The van der Waals surface area contributed by atoms with E-state index < -0.39 is 0 Å². The highest BCUT2D eigenvalue weighted by molar-refractivity contribution is 5.14. The lowest BCUT2D eigenvalue weighted by Crippen LogP contribution is -2.35. The standard InChI is InChI=1S/2C19H30N2O2/c1-13-3-7-15(8-4-13)17-11-20-19(21-12-17)18(23-22)16-9-5-14(2)6-10-16;1-13-3-5-15(6-4-13)18(23-22)16-7-9-17(10-8-16)19-20-11-14(2)12-21-19/h11-16,18,22H,3-10H2,1-2H3;11-13,15-18,22H,3-10H2,1-2H3. The Morgan fingerprint density at radius 3 is 1.46 bits per heavy atom. The summed E-state index contributed by atoms with van der Waals surface area (Å²) in [5.41, 5.74) is 2.36. The molecule has 2 unspecified atom stereocenters. The molecule has 4 saturated carbocycles. The predicted molar refractivity (Wildman–Crippen MR) is 180 cm³/mol. The maximum absolute atomic E-state index is 9.49. The first-order valence-corrected chi connectivity index (χ1v) is 18.5. The predicted octanol–water partition coefficient (Wildman–Crippen LogP) is 9.87. The molecular weight excluding hydrogens is 576 g/mol. The van der Waals surface area contributed by atoms with Crippen molar-refractivity contribution in [1.82, 2.24) is 19.9 Å². The monoisotopic (exact) mass is 636 g/mol. The lowest BCUT2D eigenvalue weighted by molar-refractivity contribution is -0.306. The van der Waals surface area contributed by atoms with Crippen LogP contribution in [0.3, 0.4) is 0 Å². The van der Waals surface area contributed by atoms with Crippen LogP contribution in [0.15, 0.2) is 24.8 Å². The Morgan fingerprint density at radius 1 is 0.543 bits per heavy atom. The molecule has 46 heavy (non-hydrogen) atoms. The molecule has 4 aliphatic rings. The van der Waals surface area contributed by atoms with E-state index >= 15 is 0 Å². The van der Waals surface area contributed by atoms with Crippen molar-refractivity contribution < 1.29 is 20.3 Å². The SMILES string of the molecule is CC1CCC(c2cnc(C(OO)C3CCC(C)CC3)nc2)CC1.Cc1cnc(C2CCC(C(OO)C3CCC(C)CC3)CC2)nc1. The van der Waals surface area contributed by atoms with Crippen LogP contribution in [0.4, 0.5) is 0 Å². The quantitative estimate of drug-likeness (QED) is 0.218. The van der Waals surface area contributed by atoms with E-state index in [2.05, 4.69) is 40.7 Å². The Bertz CT molecular complexity index is 1130. The van der Waals surface area contributed by atoms with Crippen molar-refractivity contribution in [1.29, 1.82) is 0 Å². The molecule has 6 rings (SSSR count). The van der Waals surface area contributed by atoms with Gasteiger partial charge in [0.15, 0.2) is 11.9 Å². The van der Waals surface area contributed by atoms with Gasteiger partial charge >= 0.3 is 0 Å². The van der Waals surface area contributed by atoms with E-state index in [1.54, 1.807) is 0 Å². The maximum atomic E-state index is 9.49. The number of hydrogen-bond acceptors (Lipinski definition) is 8. The number of aryl methyl sites for hydroxylation is 1. The zero-order valence-electron chi connectivity index (χ0n) is 28.9. The van der Waals surface area contributed by atoms with Crippen LogP contribution >= 0.6 is 0 Å². The highest BCUT2D eigenvalue weighted by atomic mass is 17.1. The summed E-state index contributed by atoms with van der Waals surface area (Å²) >= 11 is 0. The highest BCUT2D eigenvalue weighted by Gasteiger charge is 2.36. The highest BCUT2D eigenvalue weighted by Crippen LogP contribution is 2.42. The molecule has 0 radical (unpaired) electrons. The lowest BCUT2D eigenvalue weighted by atomic mass is 9.71. The van der Waals surface area contributed by atoms with E-state index in [9.17, 15) is 10.5 Å². The minimum Gasteiger partial charge on any atom is -0.252 e. The van der Waals surface area contributed by atoms with Crippen LogP contribution in [0.5, 0.6) is 0 Å². The molecule has 2 N–H and O–H groups in total. The van der Waals surface area contributed by atoms with Crippen molar-refractivity contribution in [2.45, 2.75) is 154 Å². The molecule has 2 atom stereocenters. The van der Waals surface area contributed by atoms with Gasteiger partial charge in [-0.15, -0.1) is 0 Å². The van der Waals surface area contributed by atoms with Crippen molar-refractivity contribution >= 4 is 0 Å². The molecule has 2 heterocycles. The second kappa shape index (κ2) is 17.4. The summed E-state index contributed by atoms with van der Waals surface area (Å²) < 4.78 is 0. The third kappa shape index (κ3) is 9.55. The summed E-state index contributed by atoms with van der Waals surface area (Å²) in [4.78, 5) is 27.9. The number of nitrogens with zero attached hydrogens (tertiary/aromatic N) is 4. The Labute approximate surface area is 277 Å². The largest absolute Gasteiger partial charge is 0.252 e. The topological polar surface area (TPSA) is 110 Å². The Kier molecular flexibility index (Phi) is 13.4. The van der Waals surface area contributed by atoms with Gasteiger partial charge < -0.3 is 0 Å². The maximum Gasteiger partial charge on any atom is 0.160 e. The Hall–Kier alpha value is -2.00. The Balaban J connectivity index is 0.000000181. The lowest BCUT2D eigenvalue weighted by Gasteiger charge is -2.38. The molecule has 2 aromatic heterocycles. The van der Waals surface area contributed by atoms with Crippen LogP contribution in [0.2, 0.25) is 0 Å². The molecular formula is C38H60N4O4. The molecule has 0 aromatic carbocycles. The van der Waals surface area contributed by atoms with Crippen LogP contribution in [-0.2, 0) is 9.78 Å². The first kappa shape index (κ1) is 35.3. The summed E-state index contributed by atoms with van der Waals surface area (Å²) in [6.07, 6.45) is 26.4. The van der Waals surface area contributed by atoms with Gasteiger partial charge in [-0.25, -0.2) is 29.7 Å². The number of hydrogen-bond donors (Lipinski definition) is 2. The van der Waals surface area contributed by atoms with Crippen molar-refractivity contribution in [3.63, 3.8) is 0 Å². The third-order valence-electron chi connectivity index (χ3n) is 12.1. The summed E-state index contributed by atoms with van der Waals surface area (Å²) in [7, 11) is 0. The molecule has 0 saturated heterocycles. The van der Waals surface area contributed by atoms with Gasteiger partial charge in [0.05, 0.1) is 6.10 Å². The number of rotatable bonds is 8. The first-order chi connectivity index (χ1) is 22.3. The van der Waals surface area contributed by atoms with Gasteiger partial charge in [0, 0.05) is 30.7 Å². The van der Waals surface area contributed by atoms with Crippen LogP contribution in [0.1, 0.15) is 164 Å². The van der Waals surface area contributed by atoms with Gasteiger partial charge in [0.1, 0.15) is 5.82 Å². The zero-order chi connectivity index (χ0) is 32.5. The fraction of sp³-hybridized carbons (Fsp3) is 0.789. The van der Waals surface area contributed by atoms with Crippen LogP contribution < -0.4 is 0 Å². The van der Waals surface area contributed by atoms with Crippen LogP contribution in [-0.4, -0.2) is 36.6 Å². The van der Waals surface area contributed by atoms with Gasteiger partial charge in [-0.2, -0.15) is 0 Å². The molecule has 0 bridgehead atoms. The summed E-state index contributed by atoms with van der Waals surface area (Å²) in [6, 6.07) is 0. The van der Waals surface area contributed by atoms with Gasteiger partial charge in [-0.3, -0.25) is 10.5 Å². The van der Waals surface area contributed by atoms with Gasteiger partial charge in [-0.05, 0) is 124 Å². The Morgan fingerprint density at radius 2 is 0.978 bits per heavy atom.